The highest BCUT2D eigenvalue weighted by molar-refractivity contribution is 7.80. The third-order valence-electron chi connectivity index (χ3n) is 1.86. The van der Waals surface area contributed by atoms with Crippen LogP contribution in [0.1, 0.15) is 27.2 Å². The Morgan fingerprint density at radius 1 is 1.27 bits per heavy atom. The van der Waals surface area contributed by atoms with Crippen molar-refractivity contribution in [1.29, 1.82) is 0 Å². The summed E-state index contributed by atoms with van der Waals surface area (Å²) in [6.45, 7) is 7.29. The Bertz CT molecular complexity index is 173. The predicted octanol–water partition coefficient (Wildman–Crippen LogP) is 1.26. The van der Waals surface area contributed by atoms with Gasteiger partial charge in [-0.1, -0.05) is 0 Å². The summed E-state index contributed by atoms with van der Waals surface area (Å²) in [5.41, 5.74) is 0. The lowest BCUT2D eigenvalue weighted by Crippen LogP contribution is -2.41. The smallest absolute Gasteiger partial charge is 0.166 e. The maximum absolute atomic E-state index is 5.44. The number of hydrogen-bond acceptors (Lipinski definition) is 3. The van der Waals surface area contributed by atoms with Crippen molar-refractivity contribution in [3.63, 3.8) is 0 Å². The summed E-state index contributed by atoms with van der Waals surface area (Å²) in [4.78, 5) is 0. The molecule has 0 aliphatic carbocycles. The molecule has 0 saturated heterocycles. The Balaban J connectivity index is 3.87. The number of thiocarbonyl (C=S) groups is 1. The first-order chi connectivity index (χ1) is 7.13. The van der Waals surface area contributed by atoms with E-state index in [2.05, 4.69) is 17.6 Å². The van der Waals surface area contributed by atoms with Crippen LogP contribution >= 0.6 is 12.2 Å². The van der Waals surface area contributed by atoms with E-state index >= 15 is 0 Å². The maximum atomic E-state index is 5.44. The Morgan fingerprint density at radius 3 is 2.20 bits per heavy atom. The molecule has 0 rings (SSSR count). The molecule has 0 aromatic heterocycles. The highest BCUT2D eigenvalue weighted by Crippen LogP contribution is 2.04. The molecule has 0 heterocycles. The topological polar surface area (TPSA) is 42.5 Å². The molecule has 0 radical (unpaired) electrons. The van der Waals surface area contributed by atoms with E-state index in [1.54, 1.807) is 7.05 Å². The molecular formula is C10H22N2O2S. The Labute approximate surface area is 97.7 Å². The van der Waals surface area contributed by atoms with Gasteiger partial charge in [0.15, 0.2) is 11.4 Å². The van der Waals surface area contributed by atoms with Crippen molar-refractivity contribution < 1.29 is 9.47 Å². The van der Waals surface area contributed by atoms with Crippen LogP contribution in [0.2, 0.25) is 0 Å². The molecule has 0 fully saturated rings. The third-order valence-corrected chi connectivity index (χ3v) is 2.18. The average molecular weight is 234 g/mol. The van der Waals surface area contributed by atoms with Gasteiger partial charge in [-0.15, -0.1) is 0 Å². The monoisotopic (exact) mass is 234 g/mol. The van der Waals surface area contributed by atoms with Crippen LogP contribution in [0, 0.1) is 0 Å². The predicted molar refractivity (Wildman–Crippen MR) is 65.9 cm³/mol. The summed E-state index contributed by atoms with van der Waals surface area (Å²) in [6.07, 6.45) is 0.630. The van der Waals surface area contributed by atoms with Crippen LogP contribution < -0.4 is 10.6 Å². The van der Waals surface area contributed by atoms with Crippen LogP contribution in [0.4, 0.5) is 0 Å². The SMILES string of the molecule is CCOC(CC(C)NC(=S)NC)OCC. The van der Waals surface area contributed by atoms with Crippen molar-refractivity contribution in [3.05, 3.63) is 0 Å². The summed E-state index contributed by atoms with van der Waals surface area (Å²) >= 11 is 5.01. The quantitative estimate of drug-likeness (QED) is 0.513. The normalized spacial score (nSPS) is 12.6. The van der Waals surface area contributed by atoms with Crippen molar-refractivity contribution in [3.8, 4) is 0 Å². The minimum atomic E-state index is -0.151. The molecule has 1 atom stereocenters. The van der Waals surface area contributed by atoms with Crippen LogP contribution in [0.3, 0.4) is 0 Å². The maximum Gasteiger partial charge on any atom is 0.166 e. The first-order valence-electron chi connectivity index (χ1n) is 5.35. The van der Waals surface area contributed by atoms with Gasteiger partial charge in [-0.05, 0) is 33.0 Å². The van der Waals surface area contributed by atoms with Crippen molar-refractivity contribution in [2.45, 2.75) is 39.5 Å². The molecule has 0 aliphatic heterocycles. The van der Waals surface area contributed by atoms with Crippen molar-refractivity contribution in [2.24, 2.45) is 0 Å². The van der Waals surface area contributed by atoms with Gasteiger partial charge in [0.2, 0.25) is 0 Å². The first-order valence-corrected chi connectivity index (χ1v) is 5.76. The summed E-state index contributed by atoms with van der Waals surface area (Å²) in [7, 11) is 1.80. The summed E-state index contributed by atoms with van der Waals surface area (Å²) in [6, 6.07) is 0.230. The van der Waals surface area contributed by atoms with E-state index in [0.29, 0.717) is 18.3 Å². The van der Waals surface area contributed by atoms with Gasteiger partial charge in [0.1, 0.15) is 0 Å². The fourth-order valence-corrected chi connectivity index (χ4v) is 1.40. The molecule has 0 spiro atoms. The molecule has 0 aliphatic rings. The van der Waals surface area contributed by atoms with Crippen molar-refractivity contribution in [2.75, 3.05) is 20.3 Å². The Kier molecular flexibility index (Phi) is 8.65. The number of rotatable bonds is 7. The standard InChI is InChI=1S/C10H22N2O2S/c1-5-13-9(14-6-2)7-8(3)12-10(15)11-4/h8-9H,5-7H2,1-4H3,(H2,11,12,15). The minimum absolute atomic E-state index is 0.151. The molecule has 0 saturated carbocycles. The molecule has 0 aromatic carbocycles. The molecule has 90 valence electrons. The second kappa shape index (κ2) is 8.88. The third kappa shape index (κ3) is 7.53. The van der Waals surface area contributed by atoms with Gasteiger partial charge >= 0.3 is 0 Å². The van der Waals surface area contributed by atoms with Gasteiger partial charge in [0.05, 0.1) is 0 Å². The molecule has 0 amide bonds. The number of hydrogen-bond donors (Lipinski definition) is 2. The van der Waals surface area contributed by atoms with Gasteiger partial charge < -0.3 is 20.1 Å². The molecule has 0 aromatic rings. The van der Waals surface area contributed by atoms with E-state index in [1.807, 2.05) is 13.8 Å². The van der Waals surface area contributed by atoms with Gasteiger partial charge in [0.25, 0.3) is 0 Å². The van der Waals surface area contributed by atoms with Crippen LogP contribution in [0.15, 0.2) is 0 Å². The summed E-state index contributed by atoms with van der Waals surface area (Å²) in [5, 5.41) is 6.66. The Hall–Kier alpha value is -0.390. The van der Waals surface area contributed by atoms with E-state index in [0.717, 1.165) is 6.42 Å². The lowest BCUT2D eigenvalue weighted by atomic mass is 10.2. The zero-order valence-corrected chi connectivity index (χ0v) is 10.8. The van der Waals surface area contributed by atoms with Gasteiger partial charge in [-0.3, -0.25) is 0 Å². The van der Waals surface area contributed by atoms with Crippen LogP contribution in [0.25, 0.3) is 0 Å². The molecule has 4 nitrogen and oxygen atoms in total. The van der Waals surface area contributed by atoms with E-state index in [-0.39, 0.29) is 12.3 Å². The summed E-state index contributed by atoms with van der Waals surface area (Å²) in [5.74, 6) is 0. The van der Waals surface area contributed by atoms with Crippen molar-refractivity contribution >= 4 is 17.3 Å². The molecule has 1 unspecified atom stereocenters. The minimum Gasteiger partial charge on any atom is -0.366 e. The zero-order chi connectivity index (χ0) is 11.7. The van der Waals surface area contributed by atoms with Crippen LogP contribution in [-0.4, -0.2) is 37.7 Å². The fourth-order valence-electron chi connectivity index (χ4n) is 1.20. The van der Waals surface area contributed by atoms with Gasteiger partial charge in [-0.2, -0.15) is 0 Å². The zero-order valence-electron chi connectivity index (χ0n) is 10.0. The van der Waals surface area contributed by atoms with E-state index in [1.165, 1.54) is 0 Å². The molecule has 0 bridgehead atoms. The van der Waals surface area contributed by atoms with E-state index in [4.69, 9.17) is 21.7 Å². The average Bonchev–Trinajstić information content (AvgIpc) is 2.18. The van der Waals surface area contributed by atoms with Crippen LogP contribution in [-0.2, 0) is 9.47 Å². The van der Waals surface area contributed by atoms with E-state index in [9.17, 15) is 0 Å². The second-order valence-corrected chi connectivity index (χ2v) is 3.61. The molecule has 2 N–H and O–H groups in total. The van der Waals surface area contributed by atoms with Gasteiger partial charge in [0, 0.05) is 32.7 Å². The fraction of sp³-hybridized carbons (Fsp3) is 0.900. The van der Waals surface area contributed by atoms with Crippen molar-refractivity contribution in [1.82, 2.24) is 10.6 Å². The summed E-state index contributed by atoms with van der Waals surface area (Å²) < 4.78 is 10.9. The van der Waals surface area contributed by atoms with E-state index < -0.39 is 0 Å². The highest BCUT2D eigenvalue weighted by atomic mass is 32.1. The first kappa shape index (κ1) is 14.6. The molecule has 5 heteroatoms. The second-order valence-electron chi connectivity index (χ2n) is 3.20. The number of nitrogens with one attached hydrogen (secondary N) is 2. The largest absolute Gasteiger partial charge is 0.366 e. The molecule has 15 heavy (non-hydrogen) atoms. The van der Waals surface area contributed by atoms with Crippen LogP contribution in [0.5, 0.6) is 0 Å². The lowest BCUT2D eigenvalue weighted by Gasteiger charge is -2.22. The lowest BCUT2D eigenvalue weighted by molar-refractivity contribution is -0.141. The Morgan fingerprint density at radius 2 is 1.80 bits per heavy atom. The number of ether oxygens (including phenoxy) is 2. The molecular weight excluding hydrogens is 212 g/mol. The highest BCUT2D eigenvalue weighted by Gasteiger charge is 2.13. The van der Waals surface area contributed by atoms with Gasteiger partial charge in [-0.25, -0.2) is 0 Å².